The zero-order chi connectivity index (χ0) is 18.8. The minimum absolute atomic E-state index is 0.737. The van der Waals surface area contributed by atoms with Crippen LogP contribution in [0.5, 0.6) is 0 Å². The highest BCUT2D eigenvalue weighted by Crippen LogP contribution is 2.47. The van der Waals surface area contributed by atoms with Crippen molar-refractivity contribution in [3.8, 4) is 0 Å². The van der Waals surface area contributed by atoms with Crippen LogP contribution < -0.4 is 0 Å². The van der Waals surface area contributed by atoms with E-state index in [1.54, 1.807) is 24.8 Å². The van der Waals surface area contributed by atoms with Gasteiger partial charge in [-0.1, -0.05) is 88.6 Å². The van der Waals surface area contributed by atoms with Crippen molar-refractivity contribution in [1.82, 2.24) is 0 Å². The van der Waals surface area contributed by atoms with E-state index in [0.29, 0.717) is 0 Å². The molecule has 2 aliphatic carbocycles. The van der Waals surface area contributed by atoms with Crippen molar-refractivity contribution in [2.24, 2.45) is 11.3 Å². The average Bonchev–Trinajstić information content (AvgIpc) is 2.74. The van der Waals surface area contributed by atoms with Crippen LogP contribution in [0.15, 0.2) is 30.3 Å². The zero-order valence-corrected chi connectivity index (χ0v) is 18.1. The summed E-state index contributed by atoms with van der Waals surface area (Å²) in [5.74, 6) is 1.86. The number of hydrogen-bond acceptors (Lipinski definition) is 0. The lowest BCUT2D eigenvalue weighted by Gasteiger charge is -2.39. The van der Waals surface area contributed by atoms with Gasteiger partial charge in [-0.15, -0.1) is 0 Å². The van der Waals surface area contributed by atoms with Crippen LogP contribution in [0.3, 0.4) is 0 Å². The Balaban J connectivity index is 1.42. The van der Waals surface area contributed by atoms with Gasteiger partial charge in [-0.3, -0.25) is 0 Å². The average molecular weight is 369 g/mol. The predicted octanol–water partition coefficient (Wildman–Crippen LogP) is 9.05. The van der Waals surface area contributed by atoms with Gasteiger partial charge in [-0.25, -0.2) is 0 Å². The summed E-state index contributed by atoms with van der Waals surface area (Å²) in [6.45, 7) is 2.33. The fraction of sp³-hybridized carbons (Fsp3) is 0.778. The third kappa shape index (κ3) is 6.65. The first-order chi connectivity index (χ1) is 13.3. The lowest BCUT2D eigenvalue weighted by Crippen LogP contribution is -2.26. The Kier molecular flexibility index (Phi) is 8.75. The first-order valence-electron chi connectivity index (χ1n) is 12.4. The summed E-state index contributed by atoms with van der Waals surface area (Å²) >= 11 is 0. The molecule has 0 heterocycles. The van der Waals surface area contributed by atoms with E-state index in [0.717, 1.165) is 17.3 Å². The maximum atomic E-state index is 2.35. The van der Waals surface area contributed by atoms with E-state index < -0.39 is 0 Å². The maximum Gasteiger partial charge on any atom is -0.0162 e. The van der Waals surface area contributed by atoms with Gasteiger partial charge in [-0.2, -0.15) is 0 Å². The molecule has 0 heteroatoms. The summed E-state index contributed by atoms with van der Waals surface area (Å²) in [7, 11) is 0. The monoisotopic (exact) mass is 368 g/mol. The van der Waals surface area contributed by atoms with E-state index in [4.69, 9.17) is 0 Å². The molecular weight excluding hydrogens is 324 g/mol. The van der Waals surface area contributed by atoms with E-state index >= 15 is 0 Å². The highest BCUT2D eigenvalue weighted by Gasteiger charge is 2.32. The van der Waals surface area contributed by atoms with Crippen molar-refractivity contribution >= 4 is 0 Å². The lowest BCUT2D eigenvalue weighted by molar-refractivity contribution is 0.132. The first-order valence-corrected chi connectivity index (χ1v) is 12.4. The molecule has 0 nitrogen and oxygen atoms in total. The number of hydrogen-bond donors (Lipinski definition) is 0. The van der Waals surface area contributed by atoms with Crippen LogP contribution >= 0.6 is 0 Å². The molecule has 152 valence electrons. The van der Waals surface area contributed by atoms with Crippen LogP contribution in [0, 0.1) is 11.3 Å². The molecule has 0 spiro atoms. The molecule has 27 heavy (non-hydrogen) atoms. The van der Waals surface area contributed by atoms with E-state index in [1.165, 1.54) is 89.9 Å². The molecule has 3 rings (SSSR count). The Labute approximate surface area is 169 Å². The fourth-order valence-electron chi connectivity index (χ4n) is 6.05. The fourth-order valence-corrected chi connectivity index (χ4v) is 6.05. The summed E-state index contributed by atoms with van der Waals surface area (Å²) in [6, 6.07) is 11.3. The summed E-state index contributed by atoms with van der Waals surface area (Å²) in [5, 5.41) is 0. The van der Waals surface area contributed by atoms with Gasteiger partial charge in [0.2, 0.25) is 0 Å². The second kappa shape index (κ2) is 11.3. The lowest BCUT2D eigenvalue weighted by atomic mass is 9.66. The molecule has 0 amide bonds. The van der Waals surface area contributed by atoms with Gasteiger partial charge >= 0.3 is 0 Å². The third-order valence-corrected chi connectivity index (χ3v) is 7.93. The standard InChI is InChI=1S/C27H44/c1-2-3-4-5-10-20-27(21-11-7-12-22-27)23-19-24-15-17-26(18-16-24)25-13-8-6-9-14-25/h6,8-9,13-14,24,26H,2-5,7,10-12,15-23H2,1H3. The number of unbranched alkanes of at least 4 members (excludes halogenated alkanes) is 4. The normalized spacial score (nSPS) is 25.4. The molecule has 1 aromatic carbocycles. The number of benzene rings is 1. The van der Waals surface area contributed by atoms with Crippen LogP contribution in [0.25, 0.3) is 0 Å². The Hall–Kier alpha value is -0.780. The Morgan fingerprint density at radius 3 is 2.19 bits per heavy atom. The van der Waals surface area contributed by atoms with Gasteiger partial charge in [0.15, 0.2) is 0 Å². The van der Waals surface area contributed by atoms with Gasteiger partial charge in [-0.05, 0) is 80.6 Å². The van der Waals surface area contributed by atoms with E-state index in [-0.39, 0.29) is 0 Å². The Morgan fingerprint density at radius 2 is 1.48 bits per heavy atom. The molecule has 2 fully saturated rings. The van der Waals surface area contributed by atoms with Crippen molar-refractivity contribution in [3.63, 3.8) is 0 Å². The Bertz CT molecular complexity index is 488. The van der Waals surface area contributed by atoms with Crippen molar-refractivity contribution in [2.45, 2.75) is 122 Å². The van der Waals surface area contributed by atoms with Gasteiger partial charge in [0.25, 0.3) is 0 Å². The second-order valence-corrected chi connectivity index (χ2v) is 9.89. The molecule has 0 atom stereocenters. The smallest absolute Gasteiger partial charge is 0.0162 e. The summed E-state index contributed by atoms with van der Waals surface area (Å²) in [6.07, 6.45) is 25.3. The minimum atomic E-state index is 0.737. The van der Waals surface area contributed by atoms with Crippen molar-refractivity contribution < 1.29 is 0 Å². The van der Waals surface area contributed by atoms with Crippen molar-refractivity contribution in [1.29, 1.82) is 0 Å². The summed E-state index contributed by atoms with van der Waals surface area (Å²) in [4.78, 5) is 0. The van der Waals surface area contributed by atoms with Crippen LogP contribution in [-0.4, -0.2) is 0 Å². The molecular formula is C27H44. The number of rotatable bonds is 10. The third-order valence-electron chi connectivity index (χ3n) is 7.93. The Morgan fingerprint density at radius 1 is 0.778 bits per heavy atom. The molecule has 1 aromatic rings. The van der Waals surface area contributed by atoms with Gasteiger partial charge in [0.1, 0.15) is 0 Å². The molecule has 0 aliphatic heterocycles. The molecule has 0 unspecified atom stereocenters. The van der Waals surface area contributed by atoms with Crippen LogP contribution in [0.2, 0.25) is 0 Å². The minimum Gasteiger partial charge on any atom is -0.0654 e. The van der Waals surface area contributed by atoms with Crippen molar-refractivity contribution in [3.05, 3.63) is 35.9 Å². The molecule has 2 saturated carbocycles. The first kappa shape index (κ1) is 20.9. The van der Waals surface area contributed by atoms with Crippen LogP contribution in [0.1, 0.15) is 128 Å². The predicted molar refractivity (Wildman–Crippen MR) is 119 cm³/mol. The molecule has 0 N–H and O–H groups in total. The van der Waals surface area contributed by atoms with Crippen molar-refractivity contribution in [2.75, 3.05) is 0 Å². The van der Waals surface area contributed by atoms with Gasteiger partial charge in [0.05, 0.1) is 0 Å². The molecule has 0 saturated heterocycles. The SMILES string of the molecule is CCCCCCCC1(CCC2CCC(c3ccccc3)CC2)CCCCC1. The maximum absolute atomic E-state index is 2.35. The molecule has 0 aromatic heterocycles. The highest BCUT2D eigenvalue weighted by molar-refractivity contribution is 5.19. The zero-order valence-electron chi connectivity index (χ0n) is 18.1. The molecule has 2 aliphatic rings. The summed E-state index contributed by atoms with van der Waals surface area (Å²) in [5.41, 5.74) is 2.33. The van der Waals surface area contributed by atoms with Crippen LogP contribution in [0.4, 0.5) is 0 Å². The topological polar surface area (TPSA) is 0 Å². The largest absolute Gasteiger partial charge is 0.0654 e. The molecule has 0 bridgehead atoms. The summed E-state index contributed by atoms with van der Waals surface area (Å²) < 4.78 is 0. The second-order valence-electron chi connectivity index (χ2n) is 9.89. The molecule has 0 radical (unpaired) electrons. The quantitative estimate of drug-likeness (QED) is 0.361. The van der Waals surface area contributed by atoms with E-state index in [1.807, 2.05) is 0 Å². The van der Waals surface area contributed by atoms with Crippen LogP contribution in [-0.2, 0) is 0 Å². The van der Waals surface area contributed by atoms with E-state index in [2.05, 4.69) is 37.3 Å². The van der Waals surface area contributed by atoms with Gasteiger partial charge in [0, 0.05) is 0 Å². The van der Waals surface area contributed by atoms with E-state index in [9.17, 15) is 0 Å². The van der Waals surface area contributed by atoms with Gasteiger partial charge < -0.3 is 0 Å². The highest BCUT2D eigenvalue weighted by atomic mass is 14.4.